The molecule has 4 nitrogen and oxygen atoms in total. The summed E-state index contributed by atoms with van der Waals surface area (Å²) in [5.74, 6) is -2.52. The number of aromatic carboxylic acids is 1. The maximum absolute atomic E-state index is 12.8. The minimum absolute atomic E-state index is 0.208. The first-order chi connectivity index (χ1) is 7.54. The zero-order valence-electron chi connectivity index (χ0n) is 8.44. The Morgan fingerprint density at radius 1 is 1.44 bits per heavy atom. The maximum Gasteiger partial charge on any atom is 0.336 e. The first-order valence-electron chi connectivity index (χ1n) is 4.33. The number of hydrogen-bond acceptors (Lipinski definition) is 3. The number of carbonyl (C=O) groups is 2. The summed E-state index contributed by atoms with van der Waals surface area (Å²) < 4.78 is 17.1. The molecule has 0 unspecified atom stereocenters. The molecule has 0 aromatic heterocycles. The van der Waals surface area contributed by atoms with Crippen molar-refractivity contribution in [3.63, 3.8) is 0 Å². The Hall–Kier alpha value is -2.17. The molecule has 0 aliphatic heterocycles. The fourth-order valence-electron chi connectivity index (χ4n) is 1.08. The second-order valence-corrected chi connectivity index (χ2v) is 2.89. The summed E-state index contributed by atoms with van der Waals surface area (Å²) in [6, 6.07) is 3.28. The number of halogens is 1. The van der Waals surface area contributed by atoms with Gasteiger partial charge in [-0.05, 0) is 23.8 Å². The minimum atomic E-state index is -1.26. The Labute approximate surface area is 91.0 Å². The molecule has 0 fully saturated rings. The maximum atomic E-state index is 12.8. The summed E-state index contributed by atoms with van der Waals surface area (Å²) in [4.78, 5) is 21.6. The fourth-order valence-corrected chi connectivity index (χ4v) is 1.08. The van der Waals surface area contributed by atoms with Gasteiger partial charge in [-0.2, -0.15) is 0 Å². The summed E-state index contributed by atoms with van der Waals surface area (Å²) >= 11 is 0. The van der Waals surface area contributed by atoms with Crippen LogP contribution in [0.2, 0.25) is 0 Å². The van der Waals surface area contributed by atoms with Crippen LogP contribution in [0.4, 0.5) is 4.39 Å². The highest BCUT2D eigenvalue weighted by Gasteiger charge is 2.09. The molecule has 16 heavy (non-hydrogen) atoms. The summed E-state index contributed by atoms with van der Waals surface area (Å²) in [6.07, 6.45) is 2.33. The summed E-state index contributed by atoms with van der Waals surface area (Å²) in [6.45, 7) is 0. The second kappa shape index (κ2) is 5.06. The fraction of sp³-hybridized carbons (Fsp3) is 0.0909. The van der Waals surface area contributed by atoms with Crippen LogP contribution in [0, 0.1) is 5.82 Å². The second-order valence-electron chi connectivity index (χ2n) is 2.89. The molecule has 0 saturated carbocycles. The molecule has 1 rings (SSSR count). The third-order valence-corrected chi connectivity index (χ3v) is 1.85. The van der Waals surface area contributed by atoms with E-state index in [4.69, 9.17) is 5.11 Å². The summed E-state index contributed by atoms with van der Waals surface area (Å²) in [5.41, 5.74) is 0.0273. The average Bonchev–Trinajstić information content (AvgIpc) is 2.26. The lowest BCUT2D eigenvalue weighted by atomic mass is 10.1. The van der Waals surface area contributed by atoms with Crippen LogP contribution in [0.25, 0.3) is 6.08 Å². The van der Waals surface area contributed by atoms with Gasteiger partial charge in [0.15, 0.2) is 0 Å². The van der Waals surface area contributed by atoms with Gasteiger partial charge in [0.1, 0.15) is 5.82 Å². The lowest BCUT2D eigenvalue weighted by Crippen LogP contribution is -2.01. The zero-order valence-corrected chi connectivity index (χ0v) is 8.44. The molecule has 5 heteroatoms. The molecule has 0 heterocycles. The van der Waals surface area contributed by atoms with Gasteiger partial charge in [-0.3, -0.25) is 0 Å². The Balaban J connectivity index is 3.09. The highest BCUT2D eigenvalue weighted by molar-refractivity contribution is 5.94. The lowest BCUT2D eigenvalue weighted by molar-refractivity contribution is -0.134. The molecule has 84 valence electrons. The van der Waals surface area contributed by atoms with Crippen molar-refractivity contribution >= 4 is 18.0 Å². The Kier molecular flexibility index (Phi) is 3.77. The first kappa shape index (κ1) is 11.9. The van der Waals surface area contributed by atoms with Gasteiger partial charge in [-0.25, -0.2) is 14.0 Å². The van der Waals surface area contributed by atoms with Crippen LogP contribution in [0.15, 0.2) is 24.3 Å². The minimum Gasteiger partial charge on any atom is -0.478 e. The summed E-state index contributed by atoms with van der Waals surface area (Å²) in [5, 5.41) is 8.80. The number of esters is 1. The van der Waals surface area contributed by atoms with Crippen molar-refractivity contribution in [2.24, 2.45) is 0 Å². The molecular formula is C11H9FO4. The van der Waals surface area contributed by atoms with Crippen molar-refractivity contribution in [1.29, 1.82) is 0 Å². The van der Waals surface area contributed by atoms with Crippen molar-refractivity contribution in [2.45, 2.75) is 0 Å². The molecule has 0 radical (unpaired) electrons. The van der Waals surface area contributed by atoms with E-state index in [0.717, 1.165) is 18.2 Å². The van der Waals surface area contributed by atoms with E-state index < -0.39 is 17.8 Å². The van der Waals surface area contributed by atoms with E-state index in [1.54, 1.807) is 0 Å². The van der Waals surface area contributed by atoms with Crippen molar-refractivity contribution in [3.05, 3.63) is 41.2 Å². The molecule has 0 aliphatic rings. The Morgan fingerprint density at radius 3 is 2.69 bits per heavy atom. The predicted molar refractivity (Wildman–Crippen MR) is 54.4 cm³/mol. The number of rotatable bonds is 3. The molecule has 0 aliphatic carbocycles. The Morgan fingerprint density at radius 2 is 2.12 bits per heavy atom. The molecule has 0 atom stereocenters. The van der Waals surface area contributed by atoms with Crippen molar-refractivity contribution in [1.82, 2.24) is 0 Å². The average molecular weight is 224 g/mol. The number of carboxylic acid groups (broad SMARTS) is 1. The molecule has 1 aromatic carbocycles. The van der Waals surface area contributed by atoms with Crippen LogP contribution >= 0.6 is 0 Å². The van der Waals surface area contributed by atoms with E-state index in [9.17, 15) is 14.0 Å². The normalized spacial score (nSPS) is 10.4. The van der Waals surface area contributed by atoms with Crippen LogP contribution < -0.4 is 0 Å². The zero-order chi connectivity index (χ0) is 12.1. The summed E-state index contributed by atoms with van der Waals surface area (Å²) in [7, 11) is 1.20. The van der Waals surface area contributed by atoms with E-state index in [1.807, 2.05) is 0 Å². The number of benzene rings is 1. The van der Waals surface area contributed by atoms with E-state index in [0.29, 0.717) is 0 Å². The SMILES string of the molecule is COC(=O)C=Cc1ccc(F)cc1C(=O)O. The van der Waals surface area contributed by atoms with Gasteiger partial charge in [0.05, 0.1) is 12.7 Å². The van der Waals surface area contributed by atoms with Gasteiger partial charge in [-0.1, -0.05) is 6.07 Å². The highest BCUT2D eigenvalue weighted by atomic mass is 19.1. The smallest absolute Gasteiger partial charge is 0.336 e. The van der Waals surface area contributed by atoms with Gasteiger partial charge in [-0.15, -0.1) is 0 Å². The highest BCUT2D eigenvalue weighted by Crippen LogP contribution is 2.13. The van der Waals surface area contributed by atoms with Crippen LogP contribution in [0.3, 0.4) is 0 Å². The number of hydrogen-bond donors (Lipinski definition) is 1. The molecule has 1 aromatic rings. The monoisotopic (exact) mass is 224 g/mol. The first-order valence-corrected chi connectivity index (χ1v) is 4.33. The van der Waals surface area contributed by atoms with E-state index in [1.165, 1.54) is 19.3 Å². The molecule has 0 spiro atoms. The topological polar surface area (TPSA) is 63.6 Å². The number of carbonyl (C=O) groups excluding carboxylic acids is 1. The number of ether oxygens (including phenoxy) is 1. The molecule has 1 N–H and O–H groups in total. The van der Waals surface area contributed by atoms with Crippen LogP contribution in [-0.4, -0.2) is 24.2 Å². The van der Waals surface area contributed by atoms with Gasteiger partial charge in [0, 0.05) is 6.08 Å². The largest absolute Gasteiger partial charge is 0.478 e. The Bertz CT molecular complexity index is 451. The standard InChI is InChI=1S/C11H9FO4/c1-16-10(13)5-3-7-2-4-8(12)6-9(7)11(14)15/h2-6H,1H3,(H,14,15). The van der Waals surface area contributed by atoms with Crippen LogP contribution in [0.5, 0.6) is 0 Å². The lowest BCUT2D eigenvalue weighted by Gasteiger charge is -2.00. The molecule has 0 bridgehead atoms. The predicted octanol–water partition coefficient (Wildman–Crippen LogP) is 1.71. The van der Waals surface area contributed by atoms with E-state index in [2.05, 4.69) is 4.74 Å². The van der Waals surface area contributed by atoms with Crippen LogP contribution in [-0.2, 0) is 9.53 Å². The van der Waals surface area contributed by atoms with Gasteiger partial charge >= 0.3 is 11.9 Å². The van der Waals surface area contributed by atoms with Gasteiger partial charge in [0.25, 0.3) is 0 Å². The van der Waals surface area contributed by atoms with E-state index in [-0.39, 0.29) is 11.1 Å². The third-order valence-electron chi connectivity index (χ3n) is 1.85. The van der Waals surface area contributed by atoms with Crippen LogP contribution in [0.1, 0.15) is 15.9 Å². The third kappa shape index (κ3) is 2.91. The molecular weight excluding hydrogens is 215 g/mol. The quantitative estimate of drug-likeness (QED) is 0.627. The molecule has 0 saturated heterocycles. The van der Waals surface area contributed by atoms with Gasteiger partial charge in [0.2, 0.25) is 0 Å². The number of carboxylic acids is 1. The van der Waals surface area contributed by atoms with Crippen molar-refractivity contribution in [3.8, 4) is 0 Å². The van der Waals surface area contributed by atoms with Gasteiger partial charge < -0.3 is 9.84 Å². The number of methoxy groups -OCH3 is 1. The van der Waals surface area contributed by atoms with E-state index >= 15 is 0 Å². The van der Waals surface area contributed by atoms with Crippen molar-refractivity contribution in [2.75, 3.05) is 7.11 Å². The molecule has 0 amide bonds. The van der Waals surface area contributed by atoms with Crippen molar-refractivity contribution < 1.29 is 23.8 Å².